The molecule has 7 nitrogen and oxygen atoms in total. The number of thioether (sulfide) groups is 1. The van der Waals surface area contributed by atoms with Gasteiger partial charge >= 0.3 is 0 Å². The van der Waals surface area contributed by atoms with Gasteiger partial charge in [0.05, 0.1) is 39.4 Å². The Hall–Kier alpha value is -2.65. The van der Waals surface area contributed by atoms with E-state index in [2.05, 4.69) is 10.3 Å². The van der Waals surface area contributed by atoms with Crippen LogP contribution in [0.2, 0.25) is 0 Å². The highest BCUT2D eigenvalue weighted by atomic mass is 32.2. The number of carbonyl (C=O) groups is 1. The van der Waals surface area contributed by atoms with Gasteiger partial charge in [0.1, 0.15) is 0 Å². The van der Waals surface area contributed by atoms with Gasteiger partial charge in [-0.05, 0) is 62.6 Å². The lowest BCUT2D eigenvalue weighted by Gasteiger charge is -2.23. The highest BCUT2D eigenvalue weighted by Crippen LogP contribution is 2.25. The van der Waals surface area contributed by atoms with Crippen LogP contribution in [-0.4, -0.2) is 46.7 Å². The largest absolute Gasteiger partial charge is 0.349 e. The average molecular weight is 472 g/mol. The molecule has 1 unspecified atom stereocenters. The summed E-state index contributed by atoms with van der Waals surface area (Å²) >= 11 is 1.16. The number of carbonyl (C=O) groups excluding carboxylic acids is 1. The number of hydrogen-bond donors (Lipinski definition) is 1. The SMILES string of the molecule is Cc1cc(C)cc(-n2c(SCC(=O)NC3(C)CCS(=O)(=O)C3)nc3ccccc3c2=O)c1. The van der Waals surface area contributed by atoms with E-state index in [-0.39, 0.29) is 28.7 Å². The molecule has 0 radical (unpaired) electrons. The normalized spacial score (nSPS) is 19.8. The van der Waals surface area contributed by atoms with Crippen LogP contribution in [0.4, 0.5) is 0 Å². The first kappa shape index (κ1) is 22.5. The molecule has 1 atom stereocenters. The number of aryl methyl sites for hydroxylation is 2. The molecule has 0 spiro atoms. The van der Waals surface area contributed by atoms with Crippen molar-refractivity contribution in [3.8, 4) is 5.69 Å². The molecule has 1 aromatic heterocycles. The van der Waals surface area contributed by atoms with Gasteiger partial charge in [0.15, 0.2) is 15.0 Å². The number of amides is 1. The number of para-hydroxylation sites is 1. The van der Waals surface area contributed by atoms with E-state index in [1.54, 1.807) is 29.7 Å². The van der Waals surface area contributed by atoms with Crippen LogP contribution >= 0.6 is 11.8 Å². The Labute approximate surface area is 191 Å². The van der Waals surface area contributed by atoms with Gasteiger partial charge in [-0.15, -0.1) is 0 Å². The average Bonchev–Trinajstić information content (AvgIpc) is 2.98. The van der Waals surface area contributed by atoms with Crippen LogP contribution in [0.25, 0.3) is 16.6 Å². The number of aromatic nitrogens is 2. The van der Waals surface area contributed by atoms with Crippen molar-refractivity contribution in [3.63, 3.8) is 0 Å². The van der Waals surface area contributed by atoms with Gasteiger partial charge in [0.2, 0.25) is 5.91 Å². The topological polar surface area (TPSA) is 98.1 Å². The molecular weight excluding hydrogens is 446 g/mol. The van der Waals surface area contributed by atoms with Crippen molar-refractivity contribution in [3.05, 3.63) is 63.9 Å². The fraction of sp³-hybridized carbons (Fsp3) is 0.348. The predicted molar refractivity (Wildman–Crippen MR) is 127 cm³/mol. The summed E-state index contributed by atoms with van der Waals surface area (Å²) in [5.74, 6) is -0.248. The van der Waals surface area contributed by atoms with Crippen molar-refractivity contribution >= 4 is 38.4 Å². The molecule has 1 aliphatic rings. The highest BCUT2D eigenvalue weighted by Gasteiger charge is 2.39. The number of nitrogens with one attached hydrogen (secondary N) is 1. The van der Waals surface area contributed by atoms with E-state index in [1.807, 2.05) is 38.1 Å². The lowest BCUT2D eigenvalue weighted by molar-refractivity contribution is -0.120. The fourth-order valence-electron chi connectivity index (χ4n) is 4.13. The lowest BCUT2D eigenvalue weighted by atomic mass is 10.0. The van der Waals surface area contributed by atoms with E-state index in [0.717, 1.165) is 22.9 Å². The molecule has 2 heterocycles. The summed E-state index contributed by atoms with van der Waals surface area (Å²) in [6.45, 7) is 5.68. The van der Waals surface area contributed by atoms with E-state index in [1.165, 1.54) is 0 Å². The Morgan fingerprint density at radius 1 is 1.19 bits per heavy atom. The molecule has 1 amide bonds. The molecule has 1 fully saturated rings. The van der Waals surface area contributed by atoms with Crippen molar-refractivity contribution in [1.82, 2.24) is 14.9 Å². The molecule has 3 aromatic rings. The molecule has 1 N–H and O–H groups in total. The van der Waals surface area contributed by atoms with Gasteiger partial charge in [-0.1, -0.05) is 30.0 Å². The Morgan fingerprint density at radius 2 is 1.88 bits per heavy atom. The quantitative estimate of drug-likeness (QED) is 0.454. The summed E-state index contributed by atoms with van der Waals surface area (Å²) in [7, 11) is -3.13. The summed E-state index contributed by atoms with van der Waals surface area (Å²) in [6.07, 6.45) is 0.396. The van der Waals surface area contributed by atoms with Gasteiger partial charge in [0.25, 0.3) is 5.56 Å². The van der Waals surface area contributed by atoms with Gasteiger partial charge < -0.3 is 5.32 Å². The van der Waals surface area contributed by atoms with Gasteiger partial charge in [0, 0.05) is 0 Å². The monoisotopic (exact) mass is 471 g/mol. The first-order chi connectivity index (χ1) is 15.1. The van der Waals surface area contributed by atoms with E-state index in [9.17, 15) is 18.0 Å². The van der Waals surface area contributed by atoms with E-state index >= 15 is 0 Å². The minimum absolute atomic E-state index is 0.0191. The van der Waals surface area contributed by atoms with Crippen molar-refractivity contribution in [2.45, 2.75) is 37.9 Å². The highest BCUT2D eigenvalue weighted by molar-refractivity contribution is 7.99. The van der Waals surface area contributed by atoms with Crippen molar-refractivity contribution in [2.75, 3.05) is 17.3 Å². The first-order valence-electron chi connectivity index (χ1n) is 10.3. The Kier molecular flexibility index (Phi) is 5.89. The molecule has 2 aromatic carbocycles. The van der Waals surface area contributed by atoms with Crippen molar-refractivity contribution < 1.29 is 13.2 Å². The third kappa shape index (κ3) is 4.73. The second-order valence-electron chi connectivity index (χ2n) is 8.64. The van der Waals surface area contributed by atoms with Gasteiger partial charge in [-0.25, -0.2) is 13.4 Å². The van der Waals surface area contributed by atoms with Crippen molar-refractivity contribution in [1.29, 1.82) is 0 Å². The van der Waals surface area contributed by atoms with Crippen molar-refractivity contribution in [2.24, 2.45) is 0 Å². The third-order valence-corrected chi connectivity index (χ3v) is 8.33. The van der Waals surface area contributed by atoms with E-state index in [4.69, 9.17) is 0 Å². The van der Waals surface area contributed by atoms with E-state index < -0.39 is 15.4 Å². The number of sulfone groups is 1. The van der Waals surface area contributed by atoms with Gasteiger partial charge in [-0.3, -0.25) is 14.2 Å². The van der Waals surface area contributed by atoms with Crippen LogP contribution in [0, 0.1) is 13.8 Å². The summed E-state index contributed by atoms with van der Waals surface area (Å²) < 4.78 is 25.2. The fourth-order valence-corrected chi connectivity index (χ4v) is 7.03. The van der Waals surface area contributed by atoms with Crippen LogP contribution < -0.4 is 10.9 Å². The zero-order valence-electron chi connectivity index (χ0n) is 18.2. The van der Waals surface area contributed by atoms with Crippen LogP contribution in [-0.2, 0) is 14.6 Å². The molecule has 0 aliphatic carbocycles. The first-order valence-corrected chi connectivity index (χ1v) is 13.1. The Bertz CT molecular complexity index is 1360. The maximum atomic E-state index is 13.4. The molecule has 0 bridgehead atoms. The number of fused-ring (bicyclic) bond motifs is 1. The molecule has 9 heteroatoms. The maximum absolute atomic E-state index is 13.4. The molecule has 0 saturated carbocycles. The lowest BCUT2D eigenvalue weighted by Crippen LogP contribution is -2.47. The second-order valence-corrected chi connectivity index (χ2v) is 11.8. The Morgan fingerprint density at radius 3 is 2.53 bits per heavy atom. The minimum Gasteiger partial charge on any atom is -0.349 e. The predicted octanol–water partition coefficient (Wildman–Crippen LogP) is 2.79. The molecule has 32 heavy (non-hydrogen) atoms. The molecule has 4 rings (SSSR count). The minimum atomic E-state index is -3.13. The van der Waals surface area contributed by atoms with Crippen LogP contribution in [0.3, 0.4) is 0 Å². The molecule has 1 saturated heterocycles. The molecule has 1 aliphatic heterocycles. The molecular formula is C23H25N3O4S2. The number of rotatable bonds is 5. The second kappa shape index (κ2) is 8.37. The smallest absolute Gasteiger partial charge is 0.266 e. The van der Waals surface area contributed by atoms with E-state index in [0.29, 0.717) is 28.2 Å². The zero-order valence-corrected chi connectivity index (χ0v) is 19.8. The number of hydrogen-bond acceptors (Lipinski definition) is 6. The van der Waals surface area contributed by atoms with Crippen LogP contribution in [0.15, 0.2) is 52.4 Å². The molecule has 168 valence electrons. The summed E-state index contributed by atoms with van der Waals surface area (Å²) in [6, 6.07) is 13.0. The number of nitrogens with zero attached hydrogens (tertiary/aromatic N) is 2. The standard InChI is InChI=1S/C23H25N3O4S2/c1-15-10-16(2)12-17(11-15)26-21(28)18-6-4-5-7-19(18)24-22(26)31-13-20(27)25-23(3)8-9-32(29,30)14-23/h4-7,10-12H,8-9,13-14H2,1-3H3,(H,25,27). The maximum Gasteiger partial charge on any atom is 0.266 e. The van der Waals surface area contributed by atoms with Crippen LogP contribution in [0.1, 0.15) is 24.5 Å². The number of benzene rings is 2. The summed E-state index contributed by atoms with van der Waals surface area (Å²) in [5, 5.41) is 3.77. The third-order valence-electron chi connectivity index (χ3n) is 5.49. The zero-order chi connectivity index (χ0) is 23.1. The van der Waals surface area contributed by atoms with Gasteiger partial charge in [-0.2, -0.15) is 0 Å². The van der Waals surface area contributed by atoms with Crippen LogP contribution in [0.5, 0.6) is 0 Å². The summed E-state index contributed by atoms with van der Waals surface area (Å²) in [4.78, 5) is 30.7. The Balaban J connectivity index is 1.67. The summed E-state index contributed by atoms with van der Waals surface area (Å²) in [5.41, 5.74) is 2.34.